The van der Waals surface area contributed by atoms with E-state index in [4.69, 9.17) is 28.9 Å². The van der Waals surface area contributed by atoms with E-state index in [0.29, 0.717) is 30.9 Å². The summed E-state index contributed by atoms with van der Waals surface area (Å²) in [5, 5.41) is 5.82. The minimum absolute atomic E-state index is 0.364. The second-order valence-electron chi connectivity index (χ2n) is 24.9. The molecule has 426 valence electrons. The highest BCUT2D eigenvalue weighted by Crippen LogP contribution is 2.45. The summed E-state index contributed by atoms with van der Waals surface area (Å²) < 4.78 is 23.1. The summed E-state index contributed by atoms with van der Waals surface area (Å²) in [5.41, 5.74) is 9.74. The molecule has 0 fully saturated rings. The zero-order valence-corrected chi connectivity index (χ0v) is 50.2. The number of aliphatic imine (C=N–C) groups is 2. The van der Waals surface area contributed by atoms with E-state index in [-0.39, 0.29) is 12.1 Å². The minimum atomic E-state index is -0.711. The first kappa shape index (κ1) is 61.1. The number of nitrogens with one attached hydrogen (secondary N) is 2. The van der Waals surface area contributed by atoms with E-state index in [1.165, 1.54) is 0 Å². The fourth-order valence-electron chi connectivity index (χ4n) is 9.46. The lowest BCUT2D eigenvalue weighted by atomic mass is 9.93. The van der Waals surface area contributed by atoms with Crippen LogP contribution in [0.2, 0.25) is 0 Å². The van der Waals surface area contributed by atoms with Gasteiger partial charge in [-0.2, -0.15) is 0 Å². The maximum Gasteiger partial charge on any atom is 0.414 e. The maximum atomic E-state index is 14.2. The van der Waals surface area contributed by atoms with Gasteiger partial charge in [0.05, 0.1) is 40.2 Å². The number of para-hydroxylation sites is 1. The van der Waals surface area contributed by atoms with E-state index >= 15 is 0 Å². The Balaban J connectivity index is 1.11. The molecule has 0 saturated carbocycles. The highest BCUT2D eigenvalue weighted by Gasteiger charge is 2.35. The lowest BCUT2D eigenvalue weighted by Gasteiger charge is -2.39. The van der Waals surface area contributed by atoms with E-state index in [1.807, 2.05) is 197 Å². The zero-order valence-electron chi connectivity index (χ0n) is 50.2. The number of rotatable bonds is 16. The Morgan fingerprint density at radius 3 is 1.59 bits per heavy atom. The van der Waals surface area contributed by atoms with Gasteiger partial charge in [-0.05, 0) is 213 Å². The summed E-state index contributed by atoms with van der Waals surface area (Å²) in [6, 6.07) is 17.8. The lowest BCUT2D eigenvalue weighted by molar-refractivity contribution is 0.0535. The predicted octanol–water partition coefficient (Wildman–Crippen LogP) is 16.3. The van der Waals surface area contributed by atoms with Crippen molar-refractivity contribution in [3.63, 3.8) is 0 Å². The van der Waals surface area contributed by atoms with Gasteiger partial charge in [-0.25, -0.2) is 24.2 Å². The summed E-state index contributed by atoms with van der Waals surface area (Å²) in [5.74, 6) is 0. The van der Waals surface area contributed by atoms with Gasteiger partial charge >= 0.3 is 24.4 Å². The standard InChI is InChI=1S/C64H87N7O8/c1-41-34-46(30-31-48(41)67-57(72)76-61(6,7)8)65-49-36-44(4)53(38-43(49)3)69(59(74)78-63(12,13)14)32-26-21-19-18-20-22-27-33-70(60(75)79-64(15,16)17)54-40-56-52(37-45(54)5)66-51-35-42(2)50(68-58(73)77-62(9,10)11)39-55(51)71(56)47-28-24-23-25-29-47/h23-25,28-29,31,34-40,55H,18-22,26-27,30,32-33H2,1-17H3,(H,67,72)(H,68,73). The highest BCUT2D eigenvalue weighted by atomic mass is 16.6. The molecule has 4 amide bonds. The first-order chi connectivity index (χ1) is 36.8. The molecule has 0 radical (unpaired) electrons. The average Bonchev–Trinajstić information content (AvgIpc) is 3.50. The monoisotopic (exact) mass is 1080 g/mol. The number of anilines is 4. The van der Waals surface area contributed by atoms with E-state index in [0.717, 1.165) is 118 Å². The number of hydrogen-bond donors (Lipinski definition) is 2. The van der Waals surface area contributed by atoms with Crippen molar-refractivity contribution in [2.75, 3.05) is 27.8 Å². The van der Waals surface area contributed by atoms with Gasteiger partial charge in [-0.3, -0.25) is 25.4 Å². The molecule has 1 unspecified atom stereocenters. The van der Waals surface area contributed by atoms with Gasteiger partial charge in [0.2, 0.25) is 0 Å². The molecule has 3 aliphatic rings. The Morgan fingerprint density at radius 1 is 0.595 bits per heavy atom. The van der Waals surface area contributed by atoms with Crippen molar-refractivity contribution in [1.82, 2.24) is 10.6 Å². The smallest absolute Gasteiger partial charge is 0.414 e. The Kier molecular flexibility index (Phi) is 19.6. The fraction of sp³-hybridized carbons (Fsp3) is 0.500. The van der Waals surface area contributed by atoms with Gasteiger partial charge in [0.25, 0.3) is 0 Å². The molecule has 1 aliphatic heterocycles. The molecule has 15 nitrogen and oxygen atoms in total. The average molecular weight is 1080 g/mol. The summed E-state index contributed by atoms with van der Waals surface area (Å²) >= 11 is 0. The summed E-state index contributed by atoms with van der Waals surface area (Å²) in [6.07, 6.45) is 13.0. The second kappa shape index (κ2) is 25.3. The normalized spacial score (nSPS) is 16.0. The molecule has 3 aromatic rings. The Bertz CT molecular complexity index is 2940. The van der Waals surface area contributed by atoms with Crippen LogP contribution >= 0.6 is 0 Å². The van der Waals surface area contributed by atoms with Crippen molar-refractivity contribution < 1.29 is 38.1 Å². The van der Waals surface area contributed by atoms with Crippen molar-refractivity contribution >= 4 is 69.9 Å². The predicted molar refractivity (Wildman–Crippen MR) is 320 cm³/mol. The number of alkyl carbamates (subject to hydrolysis) is 2. The van der Waals surface area contributed by atoms with Gasteiger partial charge in [0.15, 0.2) is 0 Å². The molecule has 3 aromatic carbocycles. The fourth-order valence-corrected chi connectivity index (χ4v) is 9.46. The van der Waals surface area contributed by atoms with Crippen LogP contribution < -0.4 is 25.3 Å². The van der Waals surface area contributed by atoms with E-state index in [1.54, 1.807) is 9.80 Å². The third-order valence-corrected chi connectivity index (χ3v) is 13.0. The van der Waals surface area contributed by atoms with Crippen LogP contribution in [0.25, 0.3) is 0 Å². The topological polar surface area (TPSA) is 164 Å². The van der Waals surface area contributed by atoms with Gasteiger partial charge < -0.3 is 23.8 Å². The first-order valence-corrected chi connectivity index (χ1v) is 27.9. The van der Waals surface area contributed by atoms with Crippen molar-refractivity contribution in [2.45, 2.75) is 198 Å². The molecule has 2 aliphatic carbocycles. The number of fused-ring (bicyclic) bond motifs is 2. The number of aryl methyl sites for hydroxylation is 3. The van der Waals surface area contributed by atoms with Gasteiger partial charge in [0, 0.05) is 42.3 Å². The molecular formula is C64H87N7O8. The number of allylic oxidation sites excluding steroid dienone is 4. The van der Waals surface area contributed by atoms with Gasteiger partial charge in [0.1, 0.15) is 22.4 Å². The number of unbranched alkanes of at least 4 members (excludes halogenated alkanes) is 6. The van der Waals surface area contributed by atoms with Crippen molar-refractivity contribution in [1.29, 1.82) is 0 Å². The SMILES string of the molecule is CC1=CC(=Nc2cc(C)c(N(CCCCCCCCCN(C(=O)OC(C)(C)C)c3cc4c(cc3C)N=C3C=C(C)C(NC(=O)OC(C)(C)C)=CC3N4c3ccccc3)C(=O)OC(C)(C)C)cc2C)CC=C1NC(=O)OC(C)(C)C. The van der Waals surface area contributed by atoms with Gasteiger partial charge in [-0.1, -0.05) is 56.4 Å². The second-order valence-corrected chi connectivity index (χ2v) is 24.9. The van der Waals surface area contributed by atoms with Crippen LogP contribution in [0.5, 0.6) is 0 Å². The van der Waals surface area contributed by atoms with Crippen LogP contribution in [0.15, 0.2) is 111 Å². The number of carbonyl (C=O) groups excluding carboxylic acids is 4. The molecule has 79 heavy (non-hydrogen) atoms. The minimum Gasteiger partial charge on any atom is -0.444 e. The number of hydrogen-bond acceptors (Lipinski definition) is 11. The lowest BCUT2D eigenvalue weighted by Crippen LogP contribution is -2.42. The summed E-state index contributed by atoms with van der Waals surface area (Å²) in [7, 11) is 0. The van der Waals surface area contributed by atoms with Gasteiger partial charge in [-0.15, -0.1) is 0 Å². The molecular weight excluding hydrogens is 995 g/mol. The number of ether oxygens (including phenoxy) is 4. The third-order valence-electron chi connectivity index (χ3n) is 13.0. The summed E-state index contributed by atoms with van der Waals surface area (Å²) in [4.78, 5) is 69.4. The number of benzene rings is 3. The maximum absolute atomic E-state index is 14.2. The molecule has 2 N–H and O–H groups in total. The van der Waals surface area contributed by atoms with Crippen molar-refractivity contribution in [3.8, 4) is 0 Å². The van der Waals surface area contributed by atoms with Crippen LogP contribution in [-0.2, 0) is 18.9 Å². The Hall–Kier alpha value is -7.16. The molecule has 15 heteroatoms. The third kappa shape index (κ3) is 17.7. The van der Waals surface area contributed by atoms with E-state index in [2.05, 4.69) is 15.5 Å². The van der Waals surface area contributed by atoms with Crippen LogP contribution in [-0.4, -0.2) is 77.3 Å². The van der Waals surface area contributed by atoms with Crippen LogP contribution in [0.4, 0.5) is 53.3 Å². The van der Waals surface area contributed by atoms with Crippen LogP contribution in [0.3, 0.4) is 0 Å². The van der Waals surface area contributed by atoms with Crippen LogP contribution in [0, 0.1) is 20.8 Å². The molecule has 0 bridgehead atoms. The van der Waals surface area contributed by atoms with Crippen LogP contribution in [0.1, 0.15) is 165 Å². The molecule has 0 spiro atoms. The zero-order chi connectivity index (χ0) is 58.2. The molecule has 1 atom stereocenters. The highest BCUT2D eigenvalue weighted by molar-refractivity contribution is 6.11. The molecule has 0 aromatic heterocycles. The first-order valence-electron chi connectivity index (χ1n) is 27.9. The van der Waals surface area contributed by atoms with Crippen molar-refractivity contribution in [2.24, 2.45) is 9.98 Å². The van der Waals surface area contributed by atoms with Crippen molar-refractivity contribution in [3.05, 3.63) is 118 Å². The largest absolute Gasteiger partial charge is 0.444 e. The Morgan fingerprint density at radius 2 is 1.08 bits per heavy atom. The molecule has 1 heterocycles. The molecule has 0 saturated heterocycles. The molecule has 6 rings (SSSR count). The number of carbonyl (C=O) groups is 4. The van der Waals surface area contributed by atoms with E-state index in [9.17, 15) is 19.2 Å². The summed E-state index contributed by atoms with van der Waals surface area (Å²) in [6.45, 7) is 33.1. The Labute approximate surface area is 470 Å². The number of amides is 4. The number of nitrogens with zero attached hydrogens (tertiary/aromatic N) is 5. The van der Waals surface area contributed by atoms with E-state index < -0.39 is 40.7 Å². The quantitative estimate of drug-likeness (QED) is 0.105.